The molecule has 1 amide bonds. The van der Waals surface area contributed by atoms with Gasteiger partial charge in [-0.15, -0.1) is 0 Å². The van der Waals surface area contributed by atoms with E-state index in [1.807, 2.05) is 0 Å². The predicted octanol–water partition coefficient (Wildman–Crippen LogP) is 4.94. The number of carbonyl (C=O) groups excluding carboxylic acids is 1. The number of hydrogen-bond acceptors (Lipinski definition) is 2. The summed E-state index contributed by atoms with van der Waals surface area (Å²) in [6.45, 7) is 0. The van der Waals surface area contributed by atoms with Crippen molar-refractivity contribution in [1.82, 2.24) is 0 Å². The second-order valence-corrected chi connectivity index (χ2v) is 6.41. The van der Waals surface area contributed by atoms with Gasteiger partial charge in [-0.25, -0.2) is 0 Å². The number of aliphatic carboxylic acids is 1. The van der Waals surface area contributed by atoms with Gasteiger partial charge in [0.05, 0.1) is 10.0 Å². The first kappa shape index (κ1) is 18.6. The summed E-state index contributed by atoms with van der Waals surface area (Å²) in [4.78, 5) is 24.9. The number of hydrogen-bond donors (Lipinski definition) is 1. The van der Waals surface area contributed by atoms with Crippen LogP contribution in [-0.4, -0.2) is 24.0 Å². The van der Waals surface area contributed by atoms with Gasteiger partial charge < -0.3 is 10.0 Å². The van der Waals surface area contributed by atoms with Gasteiger partial charge in [-0.3, -0.25) is 9.59 Å². The molecular weight excluding hydrogens is 373 g/mol. The average Bonchev–Trinajstić information content (AvgIpc) is 2.54. The summed E-state index contributed by atoms with van der Waals surface area (Å²) in [5, 5.41) is 10.0. The normalized spacial score (nSPS) is 10.5. The maximum atomic E-state index is 12.7. The molecule has 0 saturated carbocycles. The number of carboxylic acids is 1. The molecule has 0 heterocycles. The lowest BCUT2D eigenvalue weighted by molar-refractivity contribution is -0.136. The van der Waals surface area contributed by atoms with E-state index in [1.165, 1.54) is 11.0 Å². The molecule has 0 aliphatic carbocycles. The number of halogens is 3. The van der Waals surface area contributed by atoms with Crippen molar-refractivity contribution in [3.05, 3.63) is 62.6 Å². The Morgan fingerprint density at radius 1 is 1.04 bits per heavy atom. The maximum absolute atomic E-state index is 12.7. The van der Waals surface area contributed by atoms with E-state index in [2.05, 4.69) is 0 Å². The summed E-state index contributed by atoms with van der Waals surface area (Å²) >= 11 is 17.8. The quantitative estimate of drug-likeness (QED) is 0.791. The van der Waals surface area contributed by atoms with Gasteiger partial charge in [-0.2, -0.15) is 0 Å². The Morgan fingerprint density at radius 2 is 1.75 bits per heavy atom. The molecule has 0 spiro atoms. The SMILES string of the molecule is CN(C(=O)c1ccc(Cl)c(Cl)c1)c1ccc(Cl)cc1CCC(=O)O. The van der Waals surface area contributed by atoms with Crippen molar-refractivity contribution >= 4 is 52.4 Å². The monoisotopic (exact) mass is 385 g/mol. The van der Waals surface area contributed by atoms with Crippen LogP contribution in [0.4, 0.5) is 5.69 Å². The third kappa shape index (κ3) is 4.41. The van der Waals surface area contributed by atoms with Crippen LogP contribution in [0.2, 0.25) is 15.1 Å². The van der Waals surface area contributed by atoms with Gasteiger partial charge in [0, 0.05) is 29.7 Å². The molecule has 0 aromatic heterocycles. The second-order valence-electron chi connectivity index (χ2n) is 5.16. The molecule has 0 radical (unpaired) electrons. The first-order chi connectivity index (χ1) is 11.3. The van der Waals surface area contributed by atoms with E-state index in [1.54, 1.807) is 37.4 Å². The topological polar surface area (TPSA) is 57.6 Å². The minimum atomic E-state index is -0.917. The molecule has 0 aliphatic heterocycles. The van der Waals surface area contributed by atoms with Crippen LogP contribution >= 0.6 is 34.8 Å². The van der Waals surface area contributed by atoms with Crippen LogP contribution in [0.25, 0.3) is 0 Å². The zero-order valence-corrected chi connectivity index (χ0v) is 15.0. The van der Waals surface area contributed by atoms with Crippen LogP contribution in [0, 0.1) is 0 Å². The first-order valence-electron chi connectivity index (χ1n) is 7.03. The molecule has 2 aromatic carbocycles. The van der Waals surface area contributed by atoms with Crippen LogP contribution in [0.3, 0.4) is 0 Å². The highest BCUT2D eigenvalue weighted by Crippen LogP contribution is 2.28. The number of carboxylic acid groups (broad SMARTS) is 1. The average molecular weight is 387 g/mol. The molecule has 1 N–H and O–H groups in total. The fourth-order valence-electron chi connectivity index (χ4n) is 2.26. The molecule has 0 unspecified atom stereocenters. The minimum Gasteiger partial charge on any atom is -0.481 e. The second kappa shape index (κ2) is 7.88. The molecule has 24 heavy (non-hydrogen) atoms. The molecule has 2 rings (SSSR count). The molecule has 0 fully saturated rings. The standard InChI is InChI=1S/C17H14Cl3NO3/c1-21(17(24)11-2-5-13(19)14(20)9-11)15-6-4-12(18)8-10(15)3-7-16(22)23/h2,4-6,8-9H,3,7H2,1H3,(H,22,23). The van der Waals surface area contributed by atoms with Crippen LogP contribution in [-0.2, 0) is 11.2 Å². The number of anilines is 1. The molecule has 7 heteroatoms. The summed E-state index contributed by atoms with van der Waals surface area (Å²) in [6.07, 6.45) is 0.215. The Balaban J connectivity index is 2.33. The van der Waals surface area contributed by atoms with E-state index in [9.17, 15) is 9.59 Å². The zero-order valence-electron chi connectivity index (χ0n) is 12.7. The van der Waals surface area contributed by atoms with E-state index in [4.69, 9.17) is 39.9 Å². The molecule has 0 saturated heterocycles. The Labute approximate surface area is 154 Å². The van der Waals surface area contributed by atoms with Crippen LogP contribution in [0.15, 0.2) is 36.4 Å². The van der Waals surface area contributed by atoms with Gasteiger partial charge in [-0.1, -0.05) is 34.8 Å². The summed E-state index contributed by atoms with van der Waals surface area (Å²) in [7, 11) is 1.61. The number of rotatable bonds is 5. The Kier molecular flexibility index (Phi) is 6.10. The van der Waals surface area contributed by atoms with Crippen molar-refractivity contribution in [3.8, 4) is 0 Å². The third-order valence-electron chi connectivity index (χ3n) is 3.48. The van der Waals surface area contributed by atoms with E-state index < -0.39 is 5.97 Å². The van der Waals surface area contributed by atoms with Crippen molar-refractivity contribution in [2.45, 2.75) is 12.8 Å². The molecule has 4 nitrogen and oxygen atoms in total. The van der Waals surface area contributed by atoms with Crippen LogP contribution < -0.4 is 4.90 Å². The van der Waals surface area contributed by atoms with Crippen LogP contribution in [0.5, 0.6) is 0 Å². The Bertz CT molecular complexity index is 793. The molecule has 0 bridgehead atoms. The largest absolute Gasteiger partial charge is 0.481 e. The maximum Gasteiger partial charge on any atom is 0.303 e. The summed E-state index contributed by atoms with van der Waals surface area (Å²) in [6, 6.07) is 9.64. The summed E-state index contributed by atoms with van der Waals surface area (Å²) in [5.41, 5.74) is 1.66. The predicted molar refractivity (Wildman–Crippen MR) is 96.6 cm³/mol. The van der Waals surface area contributed by atoms with E-state index >= 15 is 0 Å². The lowest BCUT2D eigenvalue weighted by Gasteiger charge is -2.21. The number of aryl methyl sites for hydroxylation is 1. The Hall–Kier alpha value is -1.75. The molecule has 0 aliphatic rings. The number of amides is 1. The van der Waals surface area contributed by atoms with Gasteiger partial charge in [-0.05, 0) is 48.4 Å². The number of nitrogens with zero attached hydrogens (tertiary/aromatic N) is 1. The van der Waals surface area contributed by atoms with Crippen molar-refractivity contribution < 1.29 is 14.7 Å². The first-order valence-corrected chi connectivity index (χ1v) is 8.16. The highest BCUT2D eigenvalue weighted by Gasteiger charge is 2.18. The molecule has 126 valence electrons. The number of carbonyl (C=O) groups is 2. The van der Waals surface area contributed by atoms with Crippen molar-refractivity contribution in [2.75, 3.05) is 11.9 Å². The summed E-state index contributed by atoms with van der Waals surface area (Å²) < 4.78 is 0. The molecule has 0 atom stereocenters. The van der Waals surface area contributed by atoms with Crippen molar-refractivity contribution in [3.63, 3.8) is 0 Å². The highest BCUT2D eigenvalue weighted by atomic mass is 35.5. The van der Waals surface area contributed by atoms with Gasteiger partial charge in [0.15, 0.2) is 0 Å². The fourth-order valence-corrected chi connectivity index (χ4v) is 2.75. The van der Waals surface area contributed by atoms with Crippen molar-refractivity contribution in [1.29, 1.82) is 0 Å². The fraction of sp³-hybridized carbons (Fsp3) is 0.176. The Morgan fingerprint density at radius 3 is 2.38 bits per heavy atom. The van der Waals surface area contributed by atoms with Crippen molar-refractivity contribution in [2.24, 2.45) is 0 Å². The highest BCUT2D eigenvalue weighted by molar-refractivity contribution is 6.42. The number of benzene rings is 2. The zero-order chi connectivity index (χ0) is 17.9. The van der Waals surface area contributed by atoms with E-state index in [-0.39, 0.29) is 23.8 Å². The van der Waals surface area contributed by atoms with Gasteiger partial charge in [0.25, 0.3) is 5.91 Å². The molecular formula is C17H14Cl3NO3. The lowest BCUT2D eigenvalue weighted by atomic mass is 10.1. The molecule has 2 aromatic rings. The van der Waals surface area contributed by atoms with E-state index in [0.29, 0.717) is 26.9 Å². The van der Waals surface area contributed by atoms with Crippen LogP contribution in [0.1, 0.15) is 22.3 Å². The van der Waals surface area contributed by atoms with Gasteiger partial charge in [0.2, 0.25) is 0 Å². The summed E-state index contributed by atoms with van der Waals surface area (Å²) in [5.74, 6) is -1.20. The van der Waals surface area contributed by atoms with Gasteiger partial charge in [0.1, 0.15) is 0 Å². The van der Waals surface area contributed by atoms with Gasteiger partial charge >= 0.3 is 5.97 Å². The minimum absolute atomic E-state index is 0.0534. The third-order valence-corrected chi connectivity index (χ3v) is 4.46. The lowest BCUT2D eigenvalue weighted by Crippen LogP contribution is -2.27. The smallest absolute Gasteiger partial charge is 0.303 e. The van der Waals surface area contributed by atoms with E-state index in [0.717, 1.165) is 0 Å².